The number of alkyl halides is 1. The van der Waals surface area contributed by atoms with E-state index in [9.17, 15) is 0 Å². The molecule has 1 nitrogen and oxygen atoms in total. The van der Waals surface area contributed by atoms with E-state index in [-0.39, 0.29) is 5.00 Å². The molecule has 0 bridgehead atoms. The quantitative estimate of drug-likeness (QED) is 0.546. The first-order chi connectivity index (χ1) is 7.77. The van der Waals surface area contributed by atoms with E-state index in [1.165, 1.54) is 18.4 Å². The number of hydrogen-bond acceptors (Lipinski definition) is 1. The maximum absolute atomic E-state index is 6.43. The topological polar surface area (TPSA) is 9.23 Å². The molecule has 2 unspecified atom stereocenters. The fourth-order valence-corrected chi connectivity index (χ4v) is 6.59. The van der Waals surface area contributed by atoms with Crippen molar-refractivity contribution in [2.24, 2.45) is 0 Å². The van der Waals surface area contributed by atoms with Crippen LogP contribution in [0.4, 0.5) is 0 Å². The van der Waals surface area contributed by atoms with E-state index >= 15 is 0 Å². The third-order valence-electron chi connectivity index (χ3n) is 2.82. The first-order valence-electron chi connectivity index (χ1n) is 5.98. The Morgan fingerprint density at radius 2 is 2.06 bits per heavy atom. The monoisotopic (exact) mass is 272 g/mol. The van der Waals surface area contributed by atoms with Crippen molar-refractivity contribution in [2.75, 3.05) is 0 Å². The molecule has 0 spiro atoms. The Kier molecular flexibility index (Phi) is 7.04. The van der Waals surface area contributed by atoms with Gasteiger partial charge in [-0.1, -0.05) is 50.1 Å². The first kappa shape index (κ1) is 14.0. The minimum atomic E-state index is -1.24. The summed E-state index contributed by atoms with van der Waals surface area (Å²) < 4.78 is 5.76. The number of benzene rings is 1. The van der Waals surface area contributed by atoms with Crippen molar-refractivity contribution in [3.05, 3.63) is 35.9 Å². The summed E-state index contributed by atoms with van der Waals surface area (Å²) in [7, 11) is -0.421. The Labute approximate surface area is 108 Å². The molecule has 0 aliphatic rings. The maximum atomic E-state index is 6.43. The minimum Gasteiger partial charge on any atom is -0.464 e. The van der Waals surface area contributed by atoms with E-state index in [0.29, 0.717) is 0 Å². The maximum Gasteiger partial charge on any atom is 0.184 e. The smallest absolute Gasteiger partial charge is 0.184 e. The molecular formula is C12H21ClOSi2. The second kappa shape index (κ2) is 8.06. The summed E-state index contributed by atoms with van der Waals surface area (Å²) in [5.41, 5.74) is 1.37. The van der Waals surface area contributed by atoms with E-state index < -0.39 is 9.04 Å². The van der Waals surface area contributed by atoms with Gasteiger partial charge in [0.2, 0.25) is 0 Å². The standard InChI is InChI=1S/C12H21ClOSi2/c1-2-3-9-12(13)16(14-15)10-11-7-5-4-6-8-11/h4-8,12,16H,2-3,9-10H2,1,15H3. The summed E-state index contributed by atoms with van der Waals surface area (Å²) >= 11 is 6.43. The van der Waals surface area contributed by atoms with Crippen LogP contribution in [-0.2, 0) is 10.2 Å². The van der Waals surface area contributed by atoms with Crippen LogP contribution < -0.4 is 0 Å². The van der Waals surface area contributed by atoms with E-state index in [1.54, 1.807) is 0 Å². The third kappa shape index (κ3) is 4.83. The highest BCUT2D eigenvalue weighted by atomic mass is 35.5. The molecule has 0 N–H and O–H groups in total. The van der Waals surface area contributed by atoms with Gasteiger partial charge < -0.3 is 4.12 Å². The lowest BCUT2D eigenvalue weighted by atomic mass is 10.2. The molecule has 0 radical (unpaired) electrons. The summed E-state index contributed by atoms with van der Waals surface area (Å²) in [5.74, 6) is 0. The average molecular weight is 273 g/mol. The van der Waals surface area contributed by atoms with Gasteiger partial charge in [0.25, 0.3) is 0 Å². The van der Waals surface area contributed by atoms with Crippen molar-refractivity contribution in [1.82, 2.24) is 0 Å². The van der Waals surface area contributed by atoms with E-state index in [1.807, 2.05) is 0 Å². The summed E-state index contributed by atoms with van der Waals surface area (Å²) in [4.78, 5) is 0. The summed E-state index contributed by atoms with van der Waals surface area (Å²) in [6, 6.07) is 11.6. The summed E-state index contributed by atoms with van der Waals surface area (Å²) in [6.07, 6.45) is 3.55. The molecule has 0 aromatic heterocycles. The highest BCUT2D eigenvalue weighted by molar-refractivity contribution is 6.66. The Hall–Kier alpha value is -0.0962. The van der Waals surface area contributed by atoms with E-state index in [0.717, 1.165) is 23.0 Å². The molecule has 0 heterocycles. The van der Waals surface area contributed by atoms with Crippen molar-refractivity contribution in [1.29, 1.82) is 0 Å². The van der Waals surface area contributed by atoms with Gasteiger partial charge in [0.1, 0.15) is 10.5 Å². The predicted octanol–water partition coefficient (Wildman–Crippen LogP) is 2.13. The average Bonchev–Trinajstić information content (AvgIpc) is 2.34. The van der Waals surface area contributed by atoms with Crippen LogP contribution >= 0.6 is 11.6 Å². The van der Waals surface area contributed by atoms with Gasteiger partial charge in [0, 0.05) is 5.00 Å². The van der Waals surface area contributed by atoms with Gasteiger partial charge in [0.05, 0.1) is 0 Å². The van der Waals surface area contributed by atoms with Crippen molar-refractivity contribution >= 4 is 31.1 Å². The zero-order valence-electron chi connectivity index (χ0n) is 10.2. The van der Waals surface area contributed by atoms with Crippen molar-refractivity contribution < 1.29 is 4.12 Å². The molecule has 0 saturated carbocycles. The molecule has 0 amide bonds. The van der Waals surface area contributed by atoms with Crippen LogP contribution in [0.2, 0.25) is 0 Å². The van der Waals surface area contributed by atoms with E-state index in [2.05, 4.69) is 37.3 Å². The molecule has 4 heteroatoms. The number of rotatable bonds is 7. The fourth-order valence-electron chi connectivity index (χ4n) is 1.79. The lowest BCUT2D eigenvalue weighted by molar-refractivity contribution is 0.602. The molecule has 0 aliphatic carbocycles. The molecule has 16 heavy (non-hydrogen) atoms. The molecule has 1 aromatic rings. The van der Waals surface area contributed by atoms with Crippen LogP contribution in [0.1, 0.15) is 31.7 Å². The summed E-state index contributed by atoms with van der Waals surface area (Å²) in [5, 5.41) is 0.289. The Bertz CT molecular complexity index is 282. The van der Waals surface area contributed by atoms with Gasteiger partial charge in [-0.3, -0.25) is 0 Å². The van der Waals surface area contributed by atoms with Gasteiger partial charge in [-0.15, -0.1) is 11.6 Å². The predicted molar refractivity (Wildman–Crippen MR) is 77.5 cm³/mol. The van der Waals surface area contributed by atoms with Crippen LogP contribution in [0.15, 0.2) is 30.3 Å². The van der Waals surface area contributed by atoms with Crippen molar-refractivity contribution in [3.8, 4) is 0 Å². The summed E-state index contributed by atoms with van der Waals surface area (Å²) in [6.45, 7) is 2.21. The third-order valence-corrected chi connectivity index (χ3v) is 8.32. The Balaban J connectivity index is 2.48. The Morgan fingerprint density at radius 1 is 1.38 bits per heavy atom. The van der Waals surface area contributed by atoms with Crippen molar-refractivity contribution in [3.63, 3.8) is 0 Å². The van der Waals surface area contributed by atoms with Crippen LogP contribution in [0.3, 0.4) is 0 Å². The largest absolute Gasteiger partial charge is 0.464 e. The Morgan fingerprint density at radius 3 is 2.62 bits per heavy atom. The van der Waals surface area contributed by atoms with Gasteiger partial charge in [-0.25, -0.2) is 0 Å². The molecule has 0 aliphatic heterocycles. The van der Waals surface area contributed by atoms with Crippen LogP contribution in [0.5, 0.6) is 0 Å². The molecule has 2 atom stereocenters. The molecular weight excluding hydrogens is 252 g/mol. The van der Waals surface area contributed by atoms with Gasteiger partial charge in [0.15, 0.2) is 9.04 Å². The molecule has 0 saturated heterocycles. The molecule has 0 fully saturated rings. The fraction of sp³-hybridized carbons (Fsp3) is 0.500. The molecule has 1 rings (SSSR count). The van der Waals surface area contributed by atoms with Crippen LogP contribution in [0, 0.1) is 0 Å². The lowest BCUT2D eigenvalue weighted by Crippen LogP contribution is -2.32. The lowest BCUT2D eigenvalue weighted by Gasteiger charge is -2.19. The highest BCUT2D eigenvalue weighted by Gasteiger charge is 2.20. The van der Waals surface area contributed by atoms with Crippen LogP contribution in [-0.4, -0.2) is 24.5 Å². The molecule has 1 aromatic carbocycles. The molecule has 90 valence electrons. The SMILES string of the molecule is CCCCC(Cl)[SiH](Cc1ccccc1)O[SiH3]. The second-order valence-electron chi connectivity index (χ2n) is 4.12. The highest BCUT2D eigenvalue weighted by Crippen LogP contribution is 2.15. The van der Waals surface area contributed by atoms with Crippen LogP contribution in [0.25, 0.3) is 0 Å². The first-order valence-corrected chi connectivity index (χ1v) is 9.19. The second-order valence-corrected chi connectivity index (χ2v) is 9.28. The number of hydrogen-bond donors (Lipinski definition) is 0. The number of unbranched alkanes of at least 4 members (excludes halogenated alkanes) is 1. The van der Waals surface area contributed by atoms with E-state index in [4.69, 9.17) is 15.7 Å². The zero-order valence-corrected chi connectivity index (χ0v) is 14.1. The van der Waals surface area contributed by atoms with Gasteiger partial charge >= 0.3 is 0 Å². The number of halogens is 1. The van der Waals surface area contributed by atoms with Gasteiger partial charge in [-0.05, 0) is 18.0 Å². The minimum absolute atomic E-state index is 0.289. The van der Waals surface area contributed by atoms with Crippen molar-refractivity contribution in [2.45, 2.75) is 37.2 Å². The normalized spacial score (nSPS) is 14.9. The van der Waals surface area contributed by atoms with Gasteiger partial charge in [-0.2, -0.15) is 0 Å². The zero-order chi connectivity index (χ0) is 11.8.